The average molecular weight is 141 g/mol. The number of hydrogen-bond donors (Lipinski definition) is 1. The van der Waals surface area contributed by atoms with Gasteiger partial charge < -0.3 is 5.11 Å². The summed E-state index contributed by atoms with van der Waals surface area (Å²) in [5.74, 6) is 0. The summed E-state index contributed by atoms with van der Waals surface area (Å²) in [5.41, 5.74) is 2.72. The van der Waals surface area contributed by atoms with Crippen molar-refractivity contribution in [3.05, 3.63) is 16.1 Å². The Bertz CT molecular complexity index is 221. The highest BCUT2D eigenvalue weighted by Crippen LogP contribution is 2.31. The molecule has 1 aromatic heterocycles. The highest BCUT2D eigenvalue weighted by Gasteiger charge is 2.22. The molecule has 2 nitrogen and oxygen atoms in total. The third-order valence-electron chi connectivity index (χ3n) is 1.63. The van der Waals surface area contributed by atoms with Gasteiger partial charge in [0.05, 0.1) is 17.3 Å². The zero-order valence-corrected chi connectivity index (χ0v) is 5.69. The number of fused-ring (bicyclic) bond motifs is 1. The molecule has 9 heavy (non-hydrogen) atoms. The van der Waals surface area contributed by atoms with Crippen LogP contribution in [-0.2, 0) is 6.42 Å². The van der Waals surface area contributed by atoms with Crippen molar-refractivity contribution in [2.75, 3.05) is 0 Å². The first-order chi connectivity index (χ1) is 4.38. The minimum absolute atomic E-state index is 0.272. The van der Waals surface area contributed by atoms with E-state index in [1.54, 1.807) is 16.8 Å². The van der Waals surface area contributed by atoms with Crippen molar-refractivity contribution in [3.8, 4) is 0 Å². The van der Waals surface area contributed by atoms with Crippen molar-refractivity contribution in [2.24, 2.45) is 0 Å². The van der Waals surface area contributed by atoms with Gasteiger partial charge in [-0.1, -0.05) is 0 Å². The third-order valence-corrected chi connectivity index (χ3v) is 2.54. The van der Waals surface area contributed by atoms with Crippen LogP contribution in [0, 0.1) is 0 Å². The summed E-state index contributed by atoms with van der Waals surface area (Å²) in [4.78, 5) is 5.31. The molecular weight excluding hydrogens is 134 g/mol. The van der Waals surface area contributed by atoms with Crippen molar-refractivity contribution >= 4 is 11.3 Å². The van der Waals surface area contributed by atoms with Gasteiger partial charge >= 0.3 is 0 Å². The summed E-state index contributed by atoms with van der Waals surface area (Å²) in [6, 6.07) is 0. The van der Waals surface area contributed by atoms with E-state index >= 15 is 0 Å². The maximum Gasteiger partial charge on any atom is 0.0974 e. The molecule has 1 aliphatic rings. The van der Waals surface area contributed by atoms with Crippen molar-refractivity contribution in [3.63, 3.8) is 0 Å². The lowest BCUT2D eigenvalue weighted by Gasteiger charge is -1.94. The van der Waals surface area contributed by atoms with Crippen LogP contribution in [0.1, 0.15) is 23.1 Å². The third kappa shape index (κ3) is 0.686. The number of aromatic nitrogens is 1. The zero-order chi connectivity index (χ0) is 6.27. The van der Waals surface area contributed by atoms with E-state index in [0.29, 0.717) is 0 Å². The minimum Gasteiger partial charge on any atom is -0.387 e. The maximum absolute atomic E-state index is 9.21. The van der Waals surface area contributed by atoms with Gasteiger partial charge in [-0.3, -0.25) is 0 Å². The number of thiazole rings is 1. The molecule has 0 fully saturated rings. The Morgan fingerprint density at radius 3 is 3.44 bits per heavy atom. The molecule has 3 heteroatoms. The summed E-state index contributed by atoms with van der Waals surface area (Å²) < 4.78 is 0. The molecule has 0 amide bonds. The Hall–Kier alpha value is -0.410. The summed E-state index contributed by atoms with van der Waals surface area (Å²) >= 11 is 1.64. The second kappa shape index (κ2) is 1.78. The van der Waals surface area contributed by atoms with Crippen LogP contribution in [0.2, 0.25) is 0 Å². The van der Waals surface area contributed by atoms with Gasteiger partial charge in [-0.2, -0.15) is 0 Å². The number of aliphatic hydroxyl groups is 1. The first-order valence-electron chi connectivity index (χ1n) is 2.98. The minimum atomic E-state index is -0.272. The average Bonchev–Trinajstić information content (AvgIpc) is 2.35. The quantitative estimate of drug-likeness (QED) is 0.587. The van der Waals surface area contributed by atoms with E-state index in [1.165, 1.54) is 4.88 Å². The number of nitrogens with zero attached hydrogens (tertiary/aromatic N) is 1. The molecule has 0 spiro atoms. The molecule has 1 heterocycles. The summed E-state index contributed by atoms with van der Waals surface area (Å²) in [6.45, 7) is 0. The lowest BCUT2D eigenvalue weighted by molar-refractivity contribution is 0.176. The molecule has 1 aromatic rings. The molecular formula is C6H7NOS. The van der Waals surface area contributed by atoms with Gasteiger partial charge in [0, 0.05) is 4.88 Å². The van der Waals surface area contributed by atoms with Crippen LogP contribution < -0.4 is 0 Å². The molecule has 0 bridgehead atoms. The maximum atomic E-state index is 9.21. The first-order valence-corrected chi connectivity index (χ1v) is 3.86. The summed E-state index contributed by atoms with van der Waals surface area (Å²) in [6.07, 6.45) is 1.61. The Morgan fingerprint density at radius 2 is 2.67 bits per heavy atom. The van der Waals surface area contributed by atoms with Gasteiger partial charge in [-0.25, -0.2) is 4.98 Å². The monoisotopic (exact) mass is 141 g/mol. The molecule has 1 atom stereocenters. The largest absolute Gasteiger partial charge is 0.387 e. The van der Waals surface area contributed by atoms with E-state index in [4.69, 9.17) is 0 Å². The van der Waals surface area contributed by atoms with Gasteiger partial charge in [0.1, 0.15) is 0 Å². The molecule has 0 radical (unpaired) electrons. The van der Waals surface area contributed by atoms with Gasteiger partial charge in [-0.15, -0.1) is 11.3 Å². The molecule has 1 N–H and O–H groups in total. The predicted molar refractivity (Wildman–Crippen MR) is 35.4 cm³/mol. The lowest BCUT2D eigenvalue weighted by atomic mass is 10.3. The highest BCUT2D eigenvalue weighted by atomic mass is 32.1. The SMILES string of the molecule is OC1CCc2scnc21. The number of hydrogen-bond acceptors (Lipinski definition) is 3. The Labute approximate surface area is 57.2 Å². The number of rotatable bonds is 0. The molecule has 0 saturated heterocycles. The van der Waals surface area contributed by atoms with E-state index < -0.39 is 0 Å². The van der Waals surface area contributed by atoms with Crippen molar-refractivity contribution in [2.45, 2.75) is 18.9 Å². The molecule has 0 saturated carbocycles. The predicted octanol–water partition coefficient (Wildman–Crippen LogP) is 1.12. The second-order valence-corrected chi connectivity index (χ2v) is 3.15. The fourth-order valence-corrected chi connectivity index (χ4v) is 1.98. The van der Waals surface area contributed by atoms with E-state index in [-0.39, 0.29) is 6.10 Å². The Morgan fingerprint density at radius 1 is 1.78 bits per heavy atom. The normalized spacial score (nSPS) is 24.3. The fraction of sp³-hybridized carbons (Fsp3) is 0.500. The van der Waals surface area contributed by atoms with E-state index in [1.807, 2.05) is 0 Å². The van der Waals surface area contributed by atoms with E-state index in [2.05, 4.69) is 4.98 Å². The lowest BCUT2D eigenvalue weighted by Crippen LogP contribution is -1.89. The molecule has 2 rings (SSSR count). The standard InChI is InChI=1S/C6H7NOS/c8-4-1-2-5-6(4)7-3-9-5/h3-4,8H,1-2H2. The van der Waals surface area contributed by atoms with Crippen LogP contribution in [0.15, 0.2) is 5.51 Å². The first kappa shape index (κ1) is 5.38. The van der Waals surface area contributed by atoms with Crippen LogP contribution >= 0.6 is 11.3 Å². The Balaban J connectivity index is 2.49. The molecule has 0 aromatic carbocycles. The number of aryl methyl sites for hydroxylation is 1. The van der Waals surface area contributed by atoms with E-state index in [9.17, 15) is 5.11 Å². The number of aliphatic hydroxyl groups excluding tert-OH is 1. The topological polar surface area (TPSA) is 33.1 Å². The van der Waals surface area contributed by atoms with Crippen LogP contribution in [-0.4, -0.2) is 10.1 Å². The van der Waals surface area contributed by atoms with Crippen LogP contribution in [0.5, 0.6) is 0 Å². The van der Waals surface area contributed by atoms with Gasteiger partial charge in [-0.05, 0) is 12.8 Å². The van der Waals surface area contributed by atoms with Crippen LogP contribution in [0.4, 0.5) is 0 Å². The smallest absolute Gasteiger partial charge is 0.0974 e. The zero-order valence-electron chi connectivity index (χ0n) is 4.87. The summed E-state index contributed by atoms with van der Waals surface area (Å²) in [7, 11) is 0. The molecule has 48 valence electrons. The fourth-order valence-electron chi connectivity index (χ4n) is 1.14. The van der Waals surface area contributed by atoms with Crippen LogP contribution in [0.25, 0.3) is 0 Å². The van der Waals surface area contributed by atoms with Crippen molar-refractivity contribution in [1.82, 2.24) is 4.98 Å². The summed E-state index contributed by atoms with van der Waals surface area (Å²) in [5, 5.41) is 9.21. The molecule has 0 aliphatic heterocycles. The van der Waals surface area contributed by atoms with E-state index in [0.717, 1.165) is 18.5 Å². The Kier molecular flexibility index (Phi) is 1.07. The van der Waals surface area contributed by atoms with Gasteiger partial charge in [0.15, 0.2) is 0 Å². The van der Waals surface area contributed by atoms with Crippen LogP contribution in [0.3, 0.4) is 0 Å². The van der Waals surface area contributed by atoms with Gasteiger partial charge in [0.2, 0.25) is 0 Å². The molecule has 1 aliphatic carbocycles. The highest BCUT2D eigenvalue weighted by molar-refractivity contribution is 7.09. The molecule has 1 unspecified atom stereocenters. The van der Waals surface area contributed by atoms with Crippen molar-refractivity contribution in [1.29, 1.82) is 0 Å². The van der Waals surface area contributed by atoms with Crippen molar-refractivity contribution < 1.29 is 5.11 Å². The second-order valence-electron chi connectivity index (χ2n) is 2.22. The van der Waals surface area contributed by atoms with Gasteiger partial charge in [0.25, 0.3) is 0 Å².